The Morgan fingerprint density at radius 3 is 3.04 bits per heavy atom. The Morgan fingerprint density at radius 2 is 2.30 bits per heavy atom. The first-order chi connectivity index (χ1) is 11.1. The number of amides is 2. The number of anilines is 1. The van der Waals surface area contributed by atoms with Crippen molar-refractivity contribution in [2.45, 2.75) is 13.1 Å². The first-order valence-corrected chi connectivity index (χ1v) is 6.88. The number of halogens is 1. The van der Waals surface area contributed by atoms with Crippen molar-refractivity contribution < 1.29 is 13.9 Å². The van der Waals surface area contributed by atoms with Crippen LogP contribution >= 0.6 is 0 Å². The summed E-state index contributed by atoms with van der Waals surface area (Å²) in [7, 11) is 1.59. The number of methoxy groups -OCH3 is 1. The van der Waals surface area contributed by atoms with Gasteiger partial charge in [-0.15, -0.1) is 0 Å². The van der Waals surface area contributed by atoms with Crippen LogP contribution in [0.15, 0.2) is 30.5 Å². The molecule has 0 fully saturated rings. The van der Waals surface area contributed by atoms with Crippen LogP contribution in [0.1, 0.15) is 11.1 Å². The molecule has 0 unspecified atom stereocenters. The highest BCUT2D eigenvalue weighted by Gasteiger charge is 2.08. The van der Waals surface area contributed by atoms with Gasteiger partial charge in [-0.1, -0.05) is 0 Å². The molecule has 1 aromatic carbocycles. The molecule has 0 aliphatic heterocycles. The van der Waals surface area contributed by atoms with Crippen LogP contribution in [-0.4, -0.2) is 29.5 Å². The van der Waals surface area contributed by atoms with Gasteiger partial charge in [0, 0.05) is 31.5 Å². The Kier molecular flexibility index (Phi) is 5.66. The predicted molar refractivity (Wildman–Crippen MR) is 81.1 cm³/mol. The van der Waals surface area contributed by atoms with E-state index in [9.17, 15) is 9.18 Å². The smallest absolute Gasteiger partial charge is 0.320 e. The van der Waals surface area contributed by atoms with Gasteiger partial charge in [-0.05, 0) is 18.2 Å². The molecule has 0 spiro atoms. The van der Waals surface area contributed by atoms with Gasteiger partial charge in [-0.2, -0.15) is 10.4 Å². The molecule has 8 heteroatoms. The average molecular weight is 317 g/mol. The normalized spacial score (nSPS) is 10.1. The fourth-order valence-electron chi connectivity index (χ4n) is 1.85. The summed E-state index contributed by atoms with van der Waals surface area (Å²) in [6, 6.07) is 7.04. The summed E-state index contributed by atoms with van der Waals surface area (Å²) in [5, 5.41) is 18.0. The zero-order valence-electron chi connectivity index (χ0n) is 12.5. The first-order valence-electron chi connectivity index (χ1n) is 6.88. The standard InChI is InChI=1S/C15H16FN5O2/c1-23-7-6-21-5-4-14(20-21)19-15(22)18-10-12-8-11(9-17)2-3-13(12)16/h2-5,8H,6-7,10H2,1H3,(H2,18,19,20,22). The van der Waals surface area contributed by atoms with Gasteiger partial charge in [0.1, 0.15) is 5.82 Å². The molecule has 120 valence electrons. The maximum atomic E-state index is 13.6. The number of carbonyl (C=O) groups is 1. The van der Waals surface area contributed by atoms with E-state index in [1.807, 2.05) is 6.07 Å². The van der Waals surface area contributed by atoms with Crippen molar-refractivity contribution in [2.75, 3.05) is 19.0 Å². The van der Waals surface area contributed by atoms with E-state index in [2.05, 4.69) is 15.7 Å². The zero-order valence-corrected chi connectivity index (χ0v) is 12.5. The minimum Gasteiger partial charge on any atom is -0.383 e. The minimum atomic E-state index is -0.510. The van der Waals surface area contributed by atoms with Crippen LogP contribution in [0.4, 0.5) is 15.0 Å². The molecule has 0 saturated heterocycles. The van der Waals surface area contributed by atoms with E-state index in [0.29, 0.717) is 24.5 Å². The number of hydrogen-bond donors (Lipinski definition) is 2. The number of ether oxygens (including phenoxy) is 1. The molecule has 1 heterocycles. The molecule has 2 N–H and O–H groups in total. The number of aromatic nitrogens is 2. The molecule has 7 nitrogen and oxygen atoms in total. The SMILES string of the molecule is COCCn1ccc(NC(=O)NCc2cc(C#N)ccc2F)n1. The van der Waals surface area contributed by atoms with Crippen LogP contribution in [0.25, 0.3) is 0 Å². The summed E-state index contributed by atoms with van der Waals surface area (Å²) >= 11 is 0. The lowest BCUT2D eigenvalue weighted by Gasteiger charge is -2.07. The quantitative estimate of drug-likeness (QED) is 0.850. The number of benzene rings is 1. The summed E-state index contributed by atoms with van der Waals surface area (Å²) in [5.41, 5.74) is 0.574. The first kappa shape index (κ1) is 16.5. The molecule has 2 rings (SSSR count). The van der Waals surface area contributed by atoms with E-state index in [-0.39, 0.29) is 12.1 Å². The van der Waals surface area contributed by atoms with E-state index in [4.69, 9.17) is 10.00 Å². The van der Waals surface area contributed by atoms with Crippen LogP contribution in [0.3, 0.4) is 0 Å². The maximum absolute atomic E-state index is 13.6. The maximum Gasteiger partial charge on any atom is 0.320 e. The van der Waals surface area contributed by atoms with Crippen LogP contribution in [0.2, 0.25) is 0 Å². The van der Waals surface area contributed by atoms with E-state index >= 15 is 0 Å². The topological polar surface area (TPSA) is 92.0 Å². The van der Waals surface area contributed by atoms with Crippen LogP contribution in [0, 0.1) is 17.1 Å². The Bertz CT molecular complexity index is 723. The van der Waals surface area contributed by atoms with Crippen molar-refractivity contribution in [2.24, 2.45) is 0 Å². The van der Waals surface area contributed by atoms with Gasteiger partial charge in [0.25, 0.3) is 0 Å². The van der Waals surface area contributed by atoms with Gasteiger partial charge in [0.2, 0.25) is 0 Å². The fourth-order valence-corrected chi connectivity index (χ4v) is 1.85. The van der Waals surface area contributed by atoms with Gasteiger partial charge < -0.3 is 10.1 Å². The summed E-state index contributed by atoms with van der Waals surface area (Å²) in [5.74, 6) is -0.0991. The van der Waals surface area contributed by atoms with Gasteiger partial charge >= 0.3 is 6.03 Å². The molecular formula is C15H16FN5O2. The second kappa shape index (κ2) is 7.91. The number of hydrogen-bond acceptors (Lipinski definition) is 4. The molecule has 0 aliphatic carbocycles. The predicted octanol–water partition coefficient (Wildman–Crippen LogP) is 1.86. The average Bonchev–Trinajstić information content (AvgIpc) is 2.99. The number of nitrogens with one attached hydrogen (secondary N) is 2. The number of rotatable bonds is 6. The summed E-state index contributed by atoms with van der Waals surface area (Å²) in [6.45, 7) is 1.06. The lowest BCUT2D eigenvalue weighted by Crippen LogP contribution is -2.28. The summed E-state index contributed by atoms with van der Waals surface area (Å²) in [4.78, 5) is 11.8. The van der Waals surface area contributed by atoms with Crippen molar-refractivity contribution in [1.29, 1.82) is 5.26 Å². The van der Waals surface area contributed by atoms with Crippen molar-refractivity contribution in [3.8, 4) is 6.07 Å². The Balaban J connectivity index is 1.88. The largest absolute Gasteiger partial charge is 0.383 e. The van der Waals surface area contributed by atoms with Crippen molar-refractivity contribution in [1.82, 2.24) is 15.1 Å². The number of nitriles is 1. The highest BCUT2D eigenvalue weighted by atomic mass is 19.1. The third-order valence-corrected chi connectivity index (χ3v) is 3.02. The second-order valence-electron chi connectivity index (χ2n) is 4.68. The van der Waals surface area contributed by atoms with Crippen molar-refractivity contribution >= 4 is 11.8 Å². The molecule has 0 atom stereocenters. The molecule has 2 aromatic rings. The molecule has 0 bridgehead atoms. The van der Waals surface area contributed by atoms with Gasteiger partial charge in [0.05, 0.1) is 24.8 Å². The monoisotopic (exact) mass is 317 g/mol. The van der Waals surface area contributed by atoms with Crippen molar-refractivity contribution in [3.05, 3.63) is 47.4 Å². The van der Waals surface area contributed by atoms with Gasteiger partial charge in [-0.25, -0.2) is 9.18 Å². The number of carbonyl (C=O) groups excluding carboxylic acids is 1. The lowest BCUT2D eigenvalue weighted by molar-refractivity contribution is 0.183. The molecular weight excluding hydrogens is 301 g/mol. The van der Waals surface area contributed by atoms with E-state index in [1.165, 1.54) is 18.2 Å². The van der Waals surface area contributed by atoms with Crippen molar-refractivity contribution in [3.63, 3.8) is 0 Å². The van der Waals surface area contributed by atoms with E-state index in [0.717, 1.165) is 0 Å². The van der Waals surface area contributed by atoms with Crippen LogP contribution in [0.5, 0.6) is 0 Å². The number of nitrogens with zero attached hydrogens (tertiary/aromatic N) is 3. The summed E-state index contributed by atoms with van der Waals surface area (Å²) in [6.07, 6.45) is 1.71. The lowest BCUT2D eigenvalue weighted by atomic mass is 10.1. The van der Waals surface area contributed by atoms with Crippen LogP contribution < -0.4 is 10.6 Å². The highest BCUT2D eigenvalue weighted by Crippen LogP contribution is 2.10. The Hall–Kier alpha value is -2.92. The van der Waals surface area contributed by atoms with E-state index in [1.54, 1.807) is 24.1 Å². The second-order valence-corrected chi connectivity index (χ2v) is 4.68. The van der Waals surface area contributed by atoms with Gasteiger partial charge in [-0.3, -0.25) is 10.00 Å². The zero-order chi connectivity index (χ0) is 16.7. The molecule has 0 radical (unpaired) electrons. The molecule has 1 aromatic heterocycles. The summed E-state index contributed by atoms with van der Waals surface area (Å²) < 4.78 is 20.2. The third kappa shape index (κ3) is 4.79. The molecule has 0 aliphatic rings. The molecule has 0 saturated carbocycles. The van der Waals surface area contributed by atoms with Crippen LogP contribution in [-0.2, 0) is 17.8 Å². The fraction of sp³-hybridized carbons (Fsp3) is 0.267. The van der Waals surface area contributed by atoms with Gasteiger partial charge in [0.15, 0.2) is 5.82 Å². The highest BCUT2D eigenvalue weighted by molar-refractivity contribution is 5.88. The Labute approximate surface area is 132 Å². The molecule has 23 heavy (non-hydrogen) atoms. The molecule has 2 amide bonds. The minimum absolute atomic E-state index is 0.0302. The third-order valence-electron chi connectivity index (χ3n) is 3.02. The number of urea groups is 1. The van der Waals surface area contributed by atoms with E-state index < -0.39 is 11.8 Å². The Morgan fingerprint density at radius 1 is 1.48 bits per heavy atom.